The number of rotatable bonds is 5. The fourth-order valence-electron chi connectivity index (χ4n) is 1.88. The first-order chi connectivity index (χ1) is 9.51. The summed E-state index contributed by atoms with van der Waals surface area (Å²) in [5.41, 5.74) is 1.24. The summed E-state index contributed by atoms with van der Waals surface area (Å²) < 4.78 is 0. The van der Waals surface area contributed by atoms with Gasteiger partial charge in [0.2, 0.25) is 11.8 Å². The SMILES string of the molecule is CCC(=O)Nc1ccc(NC(=O)C2CC2C(=O)O)cc1. The number of carbonyl (C=O) groups excluding carboxylic acids is 2. The third-order valence-electron chi connectivity index (χ3n) is 3.20. The number of hydrogen-bond donors (Lipinski definition) is 3. The first-order valence-electron chi connectivity index (χ1n) is 6.45. The molecule has 0 spiro atoms. The highest BCUT2D eigenvalue weighted by atomic mass is 16.4. The molecule has 106 valence electrons. The lowest BCUT2D eigenvalue weighted by atomic mass is 10.2. The molecule has 20 heavy (non-hydrogen) atoms. The molecule has 1 saturated carbocycles. The Labute approximate surface area is 116 Å². The number of carbonyl (C=O) groups is 3. The lowest BCUT2D eigenvalue weighted by Gasteiger charge is -2.07. The molecule has 1 aromatic carbocycles. The Bertz CT molecular complexity index is 539. The van der Waals surface area contributed by atoms with Crippen molar-refractivity contribution in [3.63, 3.8) is 0 Å². The molecular weight excluding hydrogens is 260 g/mol. The molecule has 2 rings (SSSR count). The minimum atomic E-state index is -0.928. The van der Waals surface area contributed by atoms with E-state index in [4.69, 9.17) is 5.11 Å². The second-order valence-corrected chi connectivity index (χ2v) is 4.76. The number of carboxylic acids is 1. The Balaban J connectivity index is 1.89. The van der Waals surface area contributed by atoms with Crippen LogP contribution in [0, 0.1) is 11.8 Å². The van der Waals surface area contributed by atoms with Crippen molar-refractivity contribution in [2.75, 3.05) is 10.6 Å². The van der Waals surface area contributed by atoms with Crippen molar-refractivity contribution in [1.29, 1.82) is 0 Å². The molecule has 6 heteroatoms. The summed E-state index contributed by atoms with van der Waals surface area (Å²) in [6, 6.07) is 6.71. The summed E-state index contributed by atoms with van der Waals surface area (Å²) in [6.07, 6.45) is 0.794. The van der Waals surface area contributed by atoms with Gasteiger partial charge in [0.25, 0.3) is 0 Å². The topological polar surface area (TPSA) is 95.5 Å². The first-order valence-corrected chi connectivity index (χ1v) is 6.45. The fraction of sp³-hybridized carbons (Fsp3) is 0.357. The summed E-state index contributed by atoms with van der Waals surface area (Å²) in [4.78, 5) is 33.6. The Morgan fingerprint density at radius 1 is 1.10 bits per heavy atom. The van der Waals surface area contributed by atoms with Crippen LogP contribution in [0.15, 0.2) is 24.3 Å². The van der Waals surface area contributed by atoms with Crippen molar-refractivity contribution in [3.8, 4) is 0 Å². The van der Waals surface area contributed by atoms with Crippen LogP contribution in [0.25, 0.3) is 0 Å². The van der Waals surface area contributed by atoms with Gasteiger partial charge in [-0.1, -0.05) is 6.92 Å². The lowest BCUT2D eigenvalue weighted by Crippen LogP contribution is -2.16. The maximum absolute atomic E-state index is 11.8. The van der Waals surface area contributed by atoms with Gasteiger partial charge in [0.1, 0.15) is 0 Å². The van der Waals surface area contributed by atoms with Crippen LogP contribution in [0.2, 0.25) is 0 Å². The van der Waals surface area contributed by atoms with E-state index < -0.39 is 17.8 Å². The Kier molecular flexibility index (Phi) is 4.02. The molecule has 6 nitrogen and oxygen atoms in total. The molecule has 2 atom stereocenters. The maximum atomic E-state index is 11.8. The van der Waals surface area contributed by atoms with Gasteiger partial charge >= 0.3 is 5.97 Å². The highest BCUT2D eigenvalue weighted by Gasteiger charge is 2.48. The summed E-state index contributed by atoms with van der Waals surface area (Å²) in [5.74, 6) is -2.28. The van der Waals surface area contributed by atoms with Crippen LogP contribution < -0.4 is 10.6 Å². The first kappa shape index (κ1) is 14.0. The fourth-order valence-corrected chi connectivity index (χ4v) is 1.88. The van der Waals surface area contributed by atoms with Gasteiger partial charge in [0, 0.05) is 17.8 Å². The molecular formula is C14H16N2O4. The van der Waals surface area contributed by atoms with E-state index in [9.17, 15) is 14.4 Å². The van der Waals surface area contributed by atoms with Gasteiger partial charge < -0.3 is 15.7 Å². The number of aliphatic carboxylic acids is 1. The molecule has 2 amide bonds. The van der Waals surface area contributed by atoms with Crippen molar-refractivity contribution in [2.24, 2.45) is 11.8 Å². The van der Waals surface area contributed by atoms with Crippen molar-refractivity contribution >= 4 is 29.2 Å². The number of amides is 2. The van der Waals surface area contributed by atoms with E-state index in [2.05, 4.69) is 10.6 Å². The second kappa shape index (κ2) is 5.73. The van der Waals surface area contributed by atoms with Crippen LogP contribution in [-0.2, 0) is 14.4 Å². The van der Waals surface area contributed by atoms with E-state index in [-0.39, 0.29) is 11.8 Å². The van der Waals surface area contributed by atoms with E-state index in [0.29, 0.717) is 24.2 Å². The average Bonchev–Trinajstić information content (AvgIpc) is 3.21. The minimum absolute atomic E-state index is 0.0796. The van der Waals surface area contributed by atoms with Gasteiger partial charge in [-0.15, -0.1) is 0 Å². The molecule has 0 heterocycles. The number of benzene rings is 1. The predicted molar refractivity (Wildman–Crippen MR) is 73.2 cm³/mol. The van der Waals surface area contributed by atoms with E-state index in [1.165, 1.54) is 0 Å². The Morgan fingerprint density at radius 2 is 1.65 bits per heavy atom. The lowest BCUT2D eigenvalue weighted by molar-refractivity contribution is -0.139. The van der Waals surface area contributed by atoms with Crippen molar-refractivity contribution in [2.45, 2.75) is 19.8 Å². The minimum Gasteiger partial charge on any atom is -0.481 e. The molecule has 1 aromatic rings. The summed E-state index contributed by atoms with van der Waals surface area (Å²) in [6.45, 7) is 1.76. The van der Waals surface area contributed by atoms with Crippen molar-refractivity contribution in [3.05, 3.63) is 24.3 Å². The molecule has 0 radical (unpaired) electrons. The van der Waals surface area contributed by atoms with E-state index in [1.807, 2.05) is 0 Å². The zero-order valence-electron chi connectivity index (χ0n) is 11.1. The van der Waals surface area contributed by atoms with E-state index in [0.717, 1.165) is 0 Å². The average molecular weight is 276 g/mol. The molecule has 3 N–H and O–H groups in total. The largest absolute Gasteiger partial charge is 0.481 e. The van der Waals surface area contributed by atoms with Crippen LogP contribution in [0.5, 0.6) is 0 Å². The monoisotopic (exact) mass is 276 g/mol. The Morgan fingerprint density at radius 3 is 2.10 bits per heavy atom. The van der Waals surface area contributed by atoms with E-state index in [1.54, 1.807) is 31.2 Å². The molecule has 0 aromatic heterocycles. The van der Waals surface area contributed by atoms with Gasteiger partial charge in [0.15, 0.2) is 0 Å². The molecule has 1 aliphatic carbocycles. The molecule has 0 saturated heterocycles. The van der Waals surface area contributed by atoms with Crippen LogP contribution in [0.1, 0.15) is 19.8 Å². The zero-order valence-corrected chi connectivity index (χ0v) is 11.1. The van der Waals surface area contributed by atoms with E-state index >= 15 is 0 Å². The molecule has 1 fully saturated rings. The maximum Gasteiger partial charge on any atom is 0.307 e. The highest BCUT2D eigenvalue weighted by molar-refractivity contribution is 5.98. The highest BCUT2D eigenvalue weighted by Crippen LogP contribution is 2.39. The van der Waals surface area contributed by atoms with Gasteiger partial charge in [-0.2, -0.15) is 0 Å². The predicted octanol–water partition coefficient (Wildman–Crippen LogP) is 1.69. The van der Waals surface area contributed by atoms with Crippen molar-refractivity contribution in [1.82, 2.24) is 0 Å². The standard InChI is InChI=1S/C14H16N2O4/c1-2-12(17)15-8-3-5-9(6-4-8)16-13(18)10-7-11(10)14(19)20/h3-6,10-11H,2,7H2,1H3,(H,15,17)(H,16,18)(H,19,20). The number of anilines is 2. The van der Waals surface area contributed by atoms with Gasteiger partial charge in [-0.05, 0) is 30.7 Å². The summed E-state index contributed by atoms with van der Waals surface area (Å²) in [7, 11) is 0. The quantitative estimate of drug-likeness (QED) is 0.762. The summed E-state index contributed by atoms with van der Waals surface area (Å²) in [5, 5.41) is 14.1. The van der Waals surface area contributed by atoms with Gasteiger partial charge in [0.05, 0.1) is 11.8 Å². The Hall–Kier alpha value is -2.37. The smallest absolute Gasteiger partial charge is 0.307 e. The molecule has 2 unspecified atom stereocenters. The van der Waals surface area contributed by atoms with Crippen LogP contribution in [-0.4, -0.2) is 22.9 Å². The third kappa shape index (κ3) is 3.34. The molecule has 0 bridgehead atoms. The molecule has 1 aliphatic rings. The normalized spacial score (nSPS) is 20.1. The van der Waals surface area contributed by atoms with Crippen LogP contribution in [0.4, 0.5) is 11.4 Å². The van der Waals surface area contributed by atoms with Crippen molar-refractivity contribution < 1.29 is 19.5 Å². The third-order valence-corrected chi connectivity index (χ3v) is 3.20. The summed E-state index contributed by atoms with van der Waals surface area (Å²) >= 11 is 0. The van der Waals surface area contributed by atoms with Gasteiger partial charge in [-0.3, -0.25) is 14.4 Å². The van der Waals surface area contributed by atoms with Gasteiger partial charge in [-0.25, -0.2) is 0 Å². The molecule has 0 aliphatic heterocycles. The number of carboxylic acid groups (broad SMARTS) is 1. The number of hydrogen-bond acceptors (Lipinski definition) is 3. The second-order valence-electron chi connectivity index (χ2n) is 4.76. The van der Waals surface area contributed by atoms with Crippen LogP contribution >= 0.6 is 0 Å². The van der Waals surface area contributed by atoms with Crippen LogP contribution in [0.3, 0.4) is 0 Å². The zero-order chi connectivity index (χ0) is 14.7. The number of nitrogens with one attached hydrogen (secondary N) is 2.